The van der Waals surface area contributed by atoms with Crippen LogP contribution in [0.3, 0.4) is 0 Å². The van der Waals surface area contributed by atoms with Gasteiger partial charge in [-0.15, -0.1) is 0 Å². The Balaban J connectivity index is 1.49. The van der Waals surface area contributed by atoms with Crippen molar-refractivity contribution >= 4 is 5.97 Å². The number of piperidine rings is 1. The van der Waals surface area contributed by atoms with E-state index in [0.29, 0.717) is 11.1 Å². The van der Waals surface area contributed by atoms with E-state index in [0.717, 1.165) is 49.1 Å². The molecule has 2 atom stereocenters. The first kappa shape index (κ1) is 22.1. The van der Waals surface area contributed by atoms with Crippen molar-refractivity contribution < 1.29 is 19.1 Å². The van der Waals surface area contributed by atoms with Crippen LogP contribution >= 0.6 is 0 Å². The zero-order valence-electron chi connectivity index (χ0n) is 18.4. The Hall–Kier alpha value is -3.09. The molecule has 1 unspecified atom stereocenters. The first-order chi connectivity index (χ1) is 15.5. The summed E-state index contributed by atoms with van der Waals surface area (Å²) in [6.45, 7) is 2.66. The highest BCUT2D eigenvalue weighted by atomic mass is 16.6. The van der Waals surface area contributed by atoms with Gasteiger partial charge in [0.25, 0.3) is 0 Å². The summed E-state index contributed by atoms with van der Waals surface area (Å²) in [6, 6.07) is 20.0. The van der Waals surface area contributed by atoms with E-state index in [2.05, 4.69) is 17.0 Å². The minimum Gasteiger partial charge on any atom is -0.454 e. The summed E-state index contributed by atoms with van der Waals surface area (Å²) in [4.78, 5) is 21.7. The molecule has 2 aromatic carbocycles. The fraction of sp³-hybridized carbons (Fsp3) is 0.346. The Kier molecular flexibility index (Phi) is 6.63. The van der Waals surface area contributed by atoms with Gasteiger partial charge in [0.2, 0.25) is 5.60 Å². The normalized spacial score (nSPS) is 21.1. The number of aliphatic hydroxyl groups is 1. The largest absolute Gasteiger partial charge is 0.454 e. The van der Waals surface area contributed by atoms with Crippen molar-refractivity contribution in [3.8, 4) is 0 Å². The summed E-state index contributed by atoms with van der Waals surface area (Å²) in [5, 5.41) is 11.6. The summed E-state index contributed by atoms with van der Waals surface area (Å²) >= 11 is 0. The van der Waals surface area contributed by atoms with Crippen molar-refractivity contribution in [2.75, 3.05) is 26.7 Å². The molecule has 3 aromatic rings. The molecule has 1 N–H and O–H groups in total. The lowest BCUT2D eigenvalue weighted by molar-refractivity contribution is -0.916. The van der Waals surface area contributed by atoms with Gasteiger partial charge in [0.1, 0.15) is 12.9 Å². The van der Waals surface area contributed by atoms with Crippen LogP contribution in [0.2, 0.25) is 0 Å². The third-order valence-corrected chi connectivity index (χ3v) is 6.37. The number of likely N-dealkylation sites (N-methyl/N-ethyl adjacent to an activating group) is 1. The van der Waals surface area contributed by atoms with E-state index < -0.39 is 11.6 Å². The van der Waals surface area contributed by atoms with Crippen LogP contribution in [0.4, 0.5) is 0 Å². The van der Waals surface area contributed by atoms with Gasteiger partial charge in [-0.2, -0.15) is 0 Å². The summed E-state index contributed by atoms with van der Waals surface area (Å²) in [7, 11) is 2.20. The molecular weight excluding hydrogens is 402 g/mol. The molecule has 32 heavy (non-hydrogen) atoms. The SMILES string of the molecule is C[N+]1(CCc2ccncn2)CCC[C@@H](OC(=O)C(O)(c2ccccc2)c2ccccc2)C1. The lowest BCUT2D eigenvalue weighted by atomic mass is 9.86. The predicted molar refractivity (Wildman–Crippen MR) is 122 cm³/mol. The Morgan fingerprint density at radius 3 is 2.34 bits per heavy atom. The highest BCUT2D eigenvalue weighted by molar-refractivity contribution is 5.85. The van der Waals surface area contributed by atoms with Crippen LogP contribution in [-0.4, -0.2) is 58.3 Å². The fourth-order valence-electron chi connectivity index (χ4n) is 4.52. The van der Waals surface area contributed by atoms with Crippen molar-refractivity contribution in [3.05, 3.63) is 96.1 Å². The summed E-state index contributed by atoms with van der Waals surface area (Å²) < 4.78 is 6.79. The molecule has 0 saturated carbocycles. The van der Waals surface area contributed by atoms with Crippen molar-refractivity contribution in [2.45, 2.75) is 31.0 Å². The van der Waals surface area contributed by atoms with Crippen LogP contribution in [0.25, 0.3) is 0 Å². The Morgan fingerprint density at radius 2 is 1.75 bits per heavy atom. The zero-order chi connectivity index (χ0) is 22.4. The number of benzene rings is 2. The van der Waals surface area contributed by atoms with E-state index in [1.54, 1.807) is 36.8 Å². The molecule has 1 aliphatic heterocycles. The van der Waals surface area contributed by atoms with Gasteiger partial charge in [-0.25, -0.2) is 14.8 Å². The number of hydrogen-bond donors (Lipinski definition) is 1. The van der Waals surface area contributed by atoms with E-state index in [1.165, 1.54) is 0 Å². The molecule has 2 heterocycles. The number of aromatic nitrogens is 2. The minimum absolute atomic E-state index is 0.245. The number of rotatable bonds is 7. The van der Waals surface area contributed by atoms with Crippen molar-refractivity contribution in [3.63, 3.8) is 0 Å². The lowest BCUT2D eigenvalue weighted by Gasteiger charge is -2.41. The van der Waals surface area contributed by atoms with Crippen molar-refractivity contribution in [2.24, 2.45) is 0 Å². The molecule has 4 rings (SSSR count). The summed E-state index contributed by atoms with van der Waals surface area (Å²) in [5.41, 5.74) is 0.187. The maximum atomic E-state index is 13.4. The molecular formula is C26H30N3O3+. The second-order valence-corrected chi connectivity index (χ2v) is 8.81. The number of esters is 1. The molecule has 1 aliphatic rings. The summed E-state index contributed by atoms with van der Waals surface area (Å²) in [5.74, 6) is -0.621. The minimum atomic E-state index is -1.84. The Morgan fingerprint density at radius 1 is 1.09 bits per heavy atom. The van der Waals surface area contributed by atoms with Gasteiger partial charge >= 0.3 is 5.97 Å². The van der Waals surface area contributed by atoms with Gasteiger partial charge in [-0.3, -0.25) is 0 Å². The molecule has 6 nitrogen and oxygen atoms in total. The Labute approximate surface area is 189 Å². The number of carbonyl (C=O) groups is 1. The molecule has 0 amide bonds. The average Bonchev–Trinajstić information content (AvgIpc) is 2.84. The number of nitrogens with zero attached hydrogens (tertiary/aromatic N) is 3. The molecule has 0 spiro atoms. The van der Waals surface area contributed by atoms with E-state index in [9.17, 15) is 9.90 Å². The molecule has 1 fully saturated rings. The fourth-order valence-corrected chi connectivity index (χ4v) is 4.52. The molecule has 166 valence electrons. The van der Waals surface area contributed by atoms with E-state index in [1.807, 2.05) is 42.5 Å². The number of carbonyl (C=O) groups excluding carboxylic acids is 1. The van der Waals surface area contributed by atoms with Gasteiger partial charge < -0.3 is 14.3 Å². The second kappa shape index (κ2) is 9.59. The highest BCUT2D eigenvalue weighted by Gasteiger charge is 2.44. The predicted octanol–water partition coefficient (Wildman–Crippen LogP) is 3.11. The van der Waals surface area contributed by atoms with Gasteiger partial charge in [0, 0.05) is 24.7 Å². The van der Waals surface area contributed by atoms with Gasteiger partial charge in [0.05, 0.1) is 20.1 Å². The zero-order valence-corrected chi connectivity index (χ0v) is 18.4. The van der Waals surface area contributed by atoms with Crippen LogP contribution in [0, 0.1) is 0 Å². The Bertz CT molecular complexity index is 975. The highest BCUT2D eigenvalue weighted by Crippen LogP contribution is 2.32. The molecule has 0 aliphatic carbocycles. The van der Waals surface area contributed by atoms with Crippen LogP contribution in [0.1, 0.15) is 29.7 Å². The monoisotopic (exact) mass is 432 g/mol. The third-order valence-electron chi connectivity index (χ3n) is 6.37. The van der Waals surface area contributed by atoms with Crippen molar-refractivity contribution in [1.82, 2.24) is 9.97 Å². The van der Waals surface area contributed by atoms with Crippen LogP contribution in [-0.2, 0) is 21.6 Å². The van der Waals surface area contributed by atoms with Gasteiger partial charge in [-0.05, 0) is 23.6 Å². The molecule has 6 heteroatoms. The van der Waals surface area contributed by atoms with E-state index >= 15 is 0 Å². The lowest BCUT2D eigenvalue weighted by Crippen LogP contribution is -2.55. The van der Waals surface area contributed by atoms with Crippen LogP contribution in [0.15, 0.2) is 79.3 Å². The standard InChI is InChI=1S/C26H30N3O3/c1-29(18-15-23-14-16-27-20-28-23)17-8-13-24(19-29)32-25(30)26(31,21-9-4-2-5-10-21)22-11-6-3-7-12-22/h2-7,9-12,14,16,20,24,31H,8,13,15,17-19H2,1H3/q+1/t24-,29?/m1/s1. The number of likely N-dealkylation sites (tertiary alicyclic amines) is 1. The first-order valence-corrected chi connectivity index (χ1v) is 11.1. The summed E-state index contributed by atoms with van der Waals surface area (Å²) in [6.07, 6.45) is 5.70. The van der Waals surface area contributed by atoms with Crippen molar-refractivity contribution in [1.29, 1.82) is 0 Å². The average molecular weight is 433 g/mol. The van der Waals surface area contributed by atoms with Crippen LogP contribution < -0.4 is 0 Å². The number of quaternary nitrogens is 1. The van der Waals surface area contributed by atoms with Gasteiger partial charge in [0.15, 0.2) is 6.10 Å². The maximum Gasteiger partial charge on any atom is 0.348 e. The van der Waals surface area contributed by atoms with E-state index in [4.69, 9.17) is 4.74 Å². The molecule has 0 radical (unpaired) electrons. The maximum absolute atomic E-state index is 13.4. The van der Waals surface area contributed by atoms with Gasteiger partial charge in [-0.1, -0.05) is 60.7 Å². The quantitative estimate of drug-likeness (QED) is 0.459. The topological polar surface area (TPSA) is 72.3 Å². The number of hydrogen-bond acceptors (Lipinski definition) is 5. The first-order valence-electron chi connectivity index (χ1n) is 11.1. The second-order valence-electron chi connectivity index (χ2n) is 8.81. The van der Waals surface area contributed by atoms with E-state index in [-0.39, 0.29) is 6.10 Å². The van der Waals surface area contributed by atoms with Crippen LogP contribution in [0.5, 0.6) is 0 Å². The number of ether oxygens (including phenoxy) is 1. The third kappa shape index (κ3) is 4.87. The molecule has 1 saturated heterocycles. The molecule has 1 aromatic heterocycles. The smallest absolute Gasteiger partial charge is 0.348 e. The molecule has 0 bridgehead atoms.